The number of piperidine rings is 1. The number of aryl methyl sites for hydroxylation is 2. The predicted molar refractivity (Wildman–Crippen MR) is 112 cm³/mol. The quantitative estimate of drug-likeness (QED) is 0.762. The first kappa shape index (κ1) is 19.6. The normalized spacial score (nSPS) is 27.9. The Labute approximate surface area is 174 Å². The molecule has 1 spiro atoms. The third kappa shape index (κ3) is 3.63. The van der Waals surface area contributed by atoms with E-state index in [1.165, 1.54) is 44.9 Å². The van der Waals surface area contributed by atoms with Crippen LogP contribution in [0.4, 0.5) is 0 Å². The number of nitrogens with zero attached hydrogens (tertiary/aromatic N) is 4. The first-order valence-electron chi connectivity index (χ1n) is 11.7. The Morgan fingerprint density at radius 2 is 1.90 bits per heavy atom. The summed E-state index contributed by atoms with van der Waals surface area (Å²) >= 11 is 0. The zero-order valence-electron chi connectivity index (χ0n) is 18.1. The van der Waals surface area contributed by atoms with Gasteiger partial charge in [0.15, 0.2) is 5.69 Å². The van der Waals surface area contributed by atoms with Gasteiger partial charge in [0.25, 0.3) is 5.91 Å². The topological polar surface area (TPSA) is 50.6 Å². The molecule has 2 saturated heterocycles. The van der Waals surface area contributed by atoms with Gasteiger partial charge >= 0.3 is 0 Å². The monoisotopic (exact) mass is 400 g/mol. The van der Waals surface area contributed by atoms with Crippen LogP contribution in [-0.4, -0.2) is 69.4 Å². The second-order valence-electron chi connectivity index (χ2n) is 9.90. The van der Waals surface area contributed by atoms with E-state index in [4.69, 9.17) is 4.74 Å². The van der Waals surface area contributed by atoms with E-state index in [2.05, 4.69) is 10.00 Å². The molecular weight excluding hydrogens is 364 g/mol. The van der Waals surface area contributed by atoms with Crippen molar-refractivity contribution in [2.45, 2.75) is 82.4 Å². The highest BCUT2D eigenvalue weighted by molar-refractivity contribution is 5.92. The fraction of sp³-hybridized carbons (Fsp3) is 0.826. The number of likely N-dealkylation sites (tertiary alicyclic amines) is 2. The van der Waals surface area contributed by atoms with Crippen molar-refractivity contribution in [2.24, 2.45) is 13.0 Å². The zero-order chi connectivity index (χ0) is 20.0. The van der Waals surface area contributed by atoms with Gasteiger partial charge in [-0.05, 0) is 57.4 Å². The second kappa shape index (κ2) is 7.69. The van der Waals surface area contributed by atoms with Gasteiger partial charge < -0.3 is 9.64 Å². The van der Waals surface area contributed by atoms with Crippen LogP contribution >= 0.6 is 0 Å². The molecule has 3 heterocycles. The number of hydrogen-bond acceptors (Lipinski definition) is 4. The molecule has 6 nitrogen and oxygen atoms in total. The summed E-state index contributed by atoms with van der Waals surface area (Å²) in [6.07, 6.45) is 12.0. The number of hydrogen-bond donors (Lipinski definition) is 0. The van der Waals surface area contributed by atoms with Gasteiger partial charge in [0, 0.05) is 50.6 Å². The van der Waals surface area contributed by atoms with Crippen LogP contribution in [0.3, 0.4) is 0 Å². The van der Waals surface area contributed by atoms with Crippen LogP contribution in [0.25, 0.3) is 0 Å². The maximum absolute atomic E-state index is 12.8. The van der Waals surface area contributed by atoms with Gasteiger partial charge in [0.2, 0.25) is 0 Å². The van der Waals surface area contributed by atoms with Gasteiger partial charge in [-0.25, -0.2) is 0 Å². The van der Waals surface area contributed by atoms with Crippen LogP contribution < -0.4 is 0 Å². The van der Waals surface area contributed by atoms with Crippen molar-refractivity contribution in [1.29, 1.82) is 0 Å². The standard InChI is InChI=1S/C23H36N4O2/c1-17-14-20(24-25(17)2)22(28)26-12-8-19(9-13-26)27-15-21(29-16-18-6-7-18)23(27)10-4-3-5-11-23/h14,18-19,21H,3-13,15-16H2,1-2H3. The van der Waals surface area contributed by atoms with Gasteiger partial charge in [-0.1, -0.05) is 19.3 Å². The van der Waals surface area contributed by atoms with Crippen molar-refractivity contribution in [3.05, 3.63) is 17.5 Å². The van der Waals surface area contributed by atoms with Gasteiger partial charge in [0.1, 0.15) is 0 Å². The molecule has 5 rings (SSSR count). The molecular formula is C23H36N4O2. The van der Waals surface area contributed by atoms with Crippen LogP contribution in [0.2, 0.25) is 0 Å². The summed E-state index contributed by atoms with van der Waals surface area (Å²) in [6, 6.07) is 2.51. The molecule has 2 aliphatic carbocycles. The molecule has 6 heteroatoms. The summed E-state index contributed by atoms with van der Waals surface area (Å²) in [7, 11) is 1.90. The van der Waals surface area contributed by atoms with Crippen molar-refractivity contribution in [3.63, 3.8) is 0 Å². The minimum atomic E-state index is 0.0915. The van der Waals surface area contributed by atoms with E-state index in [1.54, 1.807) is 4.68 Å². The molecule has 1 aromatic heterocycles. The van der Waals surface area contributed by atoms with Crippen LogP contribution in [-0.2, 0) is 11.8 Å². The Morgan fingerprint density at radius 3 is 2.52 bits per heavy atom. The molecule has 1 unspecified atom stereocenters. The first-order chi connectivity index (χ1) is 14.1. The summed E-state index contributed by atoms with van der Waals surface area (Å²) in [5.41, 5.74) is 1.91. The lowest BCUT2D eigenvalue weighted by atomic mass is 9.69. The average molecular weight is 401 g/mol. The third-order valence-corrected chi connectivity index (χ3v) is 8.01. The Morgan fingerprint density at radius 1 is 1.17 bits per heavy atom. The molecule has 2 saturated carbocycles. The fourth-order valence-electron chi connectivity index (χ4n) is 5.84. The van der Waals surface area contributed by atoms with Crippen LogP contribution in [0.1, 0.15) is 74.0 Å². The van der Waals surface area contributed by atoms with E-state index >= 15 is 0 Å². The SMILES string of the molecule is Cc1cc(C(=O)N2CCC(N3CC(OCC4CC4)C34CCCCC4)CC2)nn1C. The van der Waals surface area contributed by atoms with Crippen LogP contribution in [0.15, 0.2) is 6.07 Å². The highest BCUT2D eigenvalue weighted by Crippen LogP contribution is 2.48. The predicted octanol–water partition coefficient (Wildman–Crippen LogP) is 3.15. The van der Waals surface area contributed by atoms with Crippen molar-refractivity contribution in [1.82, 2.24) is 19.6 Å². The maximum Gasteiger partial charge on any atom is 0.274 e. The molecule has 160 valence electrons. The third-order valence-electron chi connectivity index (χ3n) is 8.01. The fourth-order valence-corrected chi connectivity index (χ4v) is 5.84. The molecule has 29 heavy (non-hydrogen) atoms. The van der Waals surface area contributed by atoms with E-state index in [0.717, 1.165) is 50.7 Å². The van der Waals surface area contributed by atoms with Gasteiger partial charge in [0.05, 0.1) is 6.10 Å². The molecule has 0 aromatic carbocycles. The van der Waals surface area contributed by atoms with Gasteiger partial charge in [-0.2, -0.15) is 5.10 Å². The van der Waals surface area contributed by atoms with Crippen molar-refractivity contribution in [3.8, 4) is 0 Å². The van der Waals surface area contributed by atoms with E-state index in [1.807, 2.05) is 24.9 Å². The summed E-state index contributed by atoms with van der Waals surface area (Å²) in [5.74, 6) is 0.933. The Kier molecular flexibility index (Phi) is 5.19. The number of rotatable bonds is 5. The Bertz CT molecular complexity index is 723. The first-order valence-corrected chi connectivity index (χ1v) is 11.7. The molecule has 0 radical (unpaired) electrons. The summed E-state index contributed by atoms with van der Waals surface area (Å²) < 4.78 is 8.22. The van der Waals surface area contributed by atoms with E-state index in [0.29, 0.717) is 23.4 Å². The van der Waals surface area contributed by atoms with Crippen molar-refractivity contribution < 1.29 is 9.53 Å². The number of ether oxygens (including phenoxy) is 1. The minimum Gasteiger partial charge on any atom is -0.375 e. The van der Waals surface area contributed by atoms with E-state index < -0.39 is 0 Å². The van der Waals surface area contributed by atoms with Crippen molar-refractivity contribution >= 4 is 5.91 Å². The Balaban J connectivity index is 1.20. The van der Waals surface area contributed by atoms with Crippen LogP contribution in [0.5, 0.6) is 0 Å². The Hall–Kier alpha value is -1.40. The van der Waals surface area contributed by atoms with Crippen molar-refractivity contribution in [2.75, 3.05) is 26.2 Å². The molecule has 4 fully saturated rings. The molecule has 1 amide bonds. The number of amides is 1. The highest BCUT2D eigenvalue weighted by Gasteiger charge is 2.56. The number of carbonyl (C=O) groups excluding carboxylic acids is 1. The largest absolute Gasteiger partial charge is 0.375 e. The lowest BCUT2D eigenvalue weighted by molar-refractivity contribution is -0.202. The molecule has 1 atom stereocenters. The molecule has 4 aliphatic rings. The molecule has 2 aliphatic heterocycles. The van der Waals surface area contributed by atoms with Gasteiger partial charge in [-0.3, -0.25) is 14.4 Å². The molecule has 1 aromatic rings. The maximum atomic E-state index is 12.8. The van der Waals surface area contributed by atoms with Gasteiger partial charge in [-0.15, -0.1) is 0 Å². The number of carbonyl (C=O) groups is 1. The van der Waals surface area contributed by atoms with E-state index in [9.17, 15) is 4.79 Å². The molecule has 0 N–H and O–H groups in total. The lowest BCUT2D eigenvalue weighted by Crippen LogP contribution is -2.75. The summed E-state index contributed by atoms with van der Waals surface area (Å²) in [4.78, 5) is 17.6. The zero-order valence-corrected chi connectivity index (χ0v) is 18.1. The second-order valence-corrected chi connectivity index (χ2v) is 9.90. The highest BCUT2D eigenvalue weighted by atomic mass is 16.5. The smallest absolute Gasteiger partial charge is 0.274 e. The average Bonchev–Trinajstić information content (AvgIpc) is 3.51. The lowest BCUT2D eigenvalue weighted by Gasteiger charge is -2.63. The van der Waals surface area contributed by atoms with Crippen LogP contribution in [0, 0.1) is 12.8 Å². The summed E-state index contributed by atoms with van der Waals surface area (Å²) in [5, 5.41) is 4.38. The van der Waals surface area contributed by atoms with E-state index in [-0.39, 0.29) is 5.91 Å². The summed E-state index contributed by atoms with van der Waals surface area (Å²) in [6.45, 7) is 5.77. The number of aromatic nitrogens is 2. The minimum absolute atomic E-state index is 0.0915. The molecule has 0 bridgehead atoms.